The van der Waals surface area contributed by atoms with Gasteiger partial charge in [-0.1, -0.05) is 18.6 Å². The smallest absolute Gasteiger partial charge is 0.253 e. The first-order valence-corrected chi connectivity index (χ1v) is 10.2. The fraction of sp³-hybridized carbons (Fsp3) is 0.591. The Bertz CT molecular complexity index is 799. The van der Waals surface area contributed by atoms with E-state index < -0.39 is 0 Å². The zero-order valence-electron chi connectivity index (χ0n) is 16.2. The van der Waals surface area contributed by atoms with E-state index >= 15 is 0 Å². The molecule has 140 valence electrons. The number of amides is 1. The van der Waals surface area contributed by atoms with E-state index in [1.165, 1.54) is 48.7 Å². The van der Waals surface area contributed by atoms with Crippen molar-refractivity contribution >= 4 is 16.8 Å². The van der Waals surface area contributed by atoms with Crippen molar-refractivity contribution in [2.45, 2.75) is 64.3 Å². The Morgan fingerprint density at radius 3 is 2.69 bits per heavy atom. The second-order valence-corrected chi connectivity index (χ2v) is 8.56. The molecule has 1 aromatic heterocycles. The first-order chi connectivity index (χ1) is 12.6. The molecule has 4 rings (SSSR count). The van der Waals surface area contributed by atoms with Crippen LogP contribution < -0.4 is 5.32 Å². The Hall–Kier alpha value is -1.81. The van der Waals surface area contributed by atoms with Gasteiger partial charge in [-0.3, -0.25) is 9.69 Å². The summed E-state index contributed by atoms with van der Waals surface area (Å²) in [5.74, 6) is 0.0410. The number of fused-ring (bicyclic) bond motifs is 3. The number of hydrogen-bond acceptors (Lipinski definition) is 2. The van der Waals surface area contributed by atoms with E-state index in [-0.39, 0.29) is 11.4 Å². The average Bonchev–Trinajstić information content (AvgIpc) is 3.05. The Labute approximate surface area is 156 Å². The largest absolute Gasteiger partial charge is 0.358 e. The number of para-hydroxylation sites is 1. The summed E-state index contributed by atoms with van der Waals surface area (Å²) >= 11 is 0. The number of aromatic amines is 1. The summed E-state index contributed by atoms with van der Waals surface area (Å²) in [5.41, 5.74) is 4.56. The molecule has 1 fully saturated rings. The summed E-state index contributed by atoms with van der Waals surface area (Å²) in [7, 11) is 0. The standard InChI is InChI=1S/C22H31N3O/c1-22(2,25-13-6-3-7-14-25)15-23-21(26)18-11-8-10-17-16-9-4-5-12-19(16)24-20(17)18/h8,10-11,24H,3-7,9,12-15H2,1-2H3,(H,23,26). The molecular formula is C22H31N3O. The number of piperidine rings is 1. The maximum absolute atomic E-state index is 13.0. The van der Waals surface area contributed by atoms with Crippen molar-refractivity contribution in [3.05, 3.63) is 35.0 Å². The van der Waals surface area contributed by atoms with Gasteiger partial charge >= 0.3 is 0 Å². The molecule has 4 nitrogen and oxygen atoms in total. The van der Waals surface area contributed by atoms with Crippen LogP contribution in [-0.2, 0) is 12.8 Å². The van der Waals surface area contributed by atoms with Gasteiger partial charge in [0.15, 0.2) is 0 Å². The molecule has 1 aromatic carbocycles. The molecule has 4 heteroatoms. The van der Waals surface area contributed by atoms with Crippen LogP contribution in [0.25, 0.3) is 10.9 Å². The zero-order valence-corrected chi connectivity index (χ0v) is 16.2. The van der Waals surface area contributed by atoms with Gasteiger partial charge in [-0.15, -0.1) is 0 Å². The summed E-state index contributed by atoms with van der Waals surface area (Å²) in [5, 5.41) is 4.45. The van der Waals surface area contributed by atoms with Gasteiger partial charge in [0.2, 0.25) is 0 Å². The molecule has 0 atom stereocenters. The molecule has 2 aliphatic rings. The molecule has 26 heavy (non-hydrogen) atoms. The van der Waals surface area contributed by atoms with Crippen molar-refractivity contribution in [2.75, 3.05) is 19.6 Å². The summed E-state index contributed by atoms with van der Waals surface area (Å²) in [6, 6.07) is 6.13. The third-order valence-corrected chi connectivity index (χ3v) is 6.27. The molecule has 0 radical (unpaired) electrons. The maximum atomic E-state index is 13.0. The van der Waals surface area contributed by atoms with Gasteiger partial charge < -0.3 is 10.3 Å². The van der Waals surface area contributed by atoms with Crippen LogP contribution in [0.15, 0.2) is 18.2 Å². The zero-order chi connectivity index (χ0) is 18.1. The SMILES string of the molecule is CC(C)(CNC(=O)c1cccc2c3c([nH]c12)CCCC3)N1CCCCC1. The number of nitrogens with one attached hydrogen (secondary N) is 2. The molecule has 1 saturated heterocycles. The van der Waals surface area contributed by atoms with Crippen LogP contribution in [0.4, 0.5) is 0 Å². The number of hydrogen-bond donors (Lipinski definition) is 2. The van der Waals surface area contributed by atoms with E-state index in [9.17, 15) is 4.79 Å². The minimum atomic E-state index is -0.00104. The third-order valence-electron chi connectivity index (χ3n) is 6.27. The number of H-pyrrole nitrogens is 1. The normalized spacial score (nSPS) is 18.7. The van der Waals surface area contributed by atoms with Crippen molar-refractivity contribution in [3.63, 3.8) is 0 Å². The van der Waals surface area contributed by atoms with E-state index in [4.69, 9.17) is 0 Å². The molecule has 1 amide bonds. The summed E-state index contributed by atoms with van der Waals surface area (Å²) in [6.07, 6.45) is 8.59. The maximum Gasteiger partial charge on any atom is 0.253 e. The summed E-state index contributed by atoms with van der Waals surface area (Å²) in [4.78, 5) is 19.0. The van der Waals surface area contributed by atoms with E-state index in [0.29, 0.717) is 6.54 Å². The monoisotopic (exact) mass is 353 g/mol. The molecule has 0 bridgehead atoms. The number of carbonyl (C=O) groups is 1. The lowest BCUT2D eigenvalue weighted by atomic mass is 9.95. The van der Waals surface area contributed by atoms with Gasteiger partial charge in [0, 0.05) is 23.2 Å². The van der Waals surface area contributed by atoms with Gasteiger partial charge in [-0.05, 0) is 77.1 Å². The number of nitrogens with zero attached hydrogens (tertiary/aromatic N) is 1. The highest BCUT2D eigenvalue weighted by Crippen LogP contribution is 2.30. The van der Waals surface area contributed by atoms with Crippen LogP contribution in [-0.4, -0.2) is 41.0 Å². The minimum Gasteiger partial charge on any atom is -0.358 e. The number of benzene rings is 1. The predicted octanol–water partition coefficient (Wildman–Crippen LogP) is 4.04. The summed E-state index contributed by atoms with van der Waals surface area (Å²) in [6.45, 7) is 7.45. The van der Waals surface area contributed by atoms with Crippen LogP contribution in [0.3, 0.4) is 0 Å². The highest BCUT2D eigenvalue weighted by molar-refractivity contribution is 6.06. The third kappa shape index (κ3) is 3.27. The first kappa shape index (κ1) is 17.6. The van der Waals surface area contributed by atoms with E-state index in [1.54, 1.807) is 0 Å². The number of carbonyl (C=O) groups excluding carboxylic acids is 1. The van der Waals surface area contributed by atoms with Gasteiger partial charge in [-0.2, -0.15) is 0 Å². The highest BCUT2D eigenvalue weighted by atomic mass is 16.1. The highest BCUT2D eigenvalue weighted by Gasteiger charge is 2.28. The van der Waals surface area contributed by atoms with Crippen molar-refractivity contribution < 1.29 is 4.79 Å². The van der Waals surface area contributed by atoms with E-state index in [0.717, 1.165) is 37.0 Å². The Balaban J connectivity index is 1.52. The van der Waals surface area contributed by atoms with Crippen LogP contribution in [0.2, 0.25) is 0 Å². The molecule has 2 heterocycles. The predicted molar refractivity (Wildman–Crippen MR) is 107 cm³/mol. The second kappa shape index (κ2) is 7.07. The molecule has 0 saturated carbocycles. The van der Waals surface area contributed by atoms with Gasteiger partial charge in [0.25, 0.3) is 5.91 Å². The summed E-state index contributed by atoms with van der Waals surface area (Å²) < 4.78 is 0. The van der Waals surface area contributed by atoms with Crippen molar-refractivity contribution in [1.29, 1.82) is 0 Å². The lowest BCUT2D eigenvalue weighted by molar-refractivity contribution is 0.0798. The van der Waals surface area contributed by atoms with Crippen molar-refractivity contribution in [2.24, 2.45) is 0 Å². The minimum absolute atomic E-state index is 0.00104. The fourth-order valence-electron chi connectivity index (χ4n) is 4.62. The number of likely N-dealkylation sites (tertiary alicyclic amines) is 1. The lowest BCUT2D eigenvalue weighted by Crippen LogP contribution is -2.53. The Kier molecular flexibility index (Phi) is 4.78. The molecule has 0 spiro atoms. The van der Waals surface area contributed by atoms with Crippen LogP contribution >= 0.6 is 0 Å². The molecule has 2 N–H and O–H groups in total. The topological polar surface area (TPSA) is 48.1 Å². The molecule has 1 aliphatic heterocycles. The molecule has 1 aliphatic carbocycles. The van der Waals surface area contributed by atoms with Crippen molar-refractivity contribution in [3.8, 4) is 0 Å². The Morgan fingerprint density at radius 1 is 1.12 bits per heavy atom. The van der Waals surface area contributed by atoms with Gasteiger partial charge in [0.1, 0.15) is 0 Å². The van der Waals surface area contributed by atoms with Crippen molar-refractivity contribution in [1.82, 2.24) is 15.2 Å². The number of rotatable bonds is 4. The lowest BCUT2D eigenvalue weighted by Gasteiger charge is -2.41. The van der Waals surface area contributed by atoms with Crippen LogP contribution in [0.1, 0.15) is 67.6 Å². The second-order valence-electron chi connectivity index (χ2n) is 8.56. The van der Waals surface area contributed by atoms with Crippen LogP contribution in [0.5, 0.6) is 0 Å². The van der Waals surface area contributed by atoms with Gasteiger partial charge in [0.05, 0.1) is 11.1 Å². The fourth-order valence-corrected chi connectivity index (χ4v) is 4.62. The van der Waals surface area contributed by atoms with Crippen LogP contribution in [0, 0.1) is 0 Å². The molecule has 0 unspecified atom stereocenters. The molecular weight excluding hydrogens is 322 g/mol. The number of aryl methyl sites for hydroxylation is 2. The molecule has 2 aromatic rings. The Morgan fingerprint density at radius 2 is 1.88 bits per heavy atom. The average molecular weight is 354 g/mol. The number of aromatic nitrogens is 1. The van der Waals surface area contributed by atoms with E-state index in [2.05, 4.69) is 35.1 Å². The first-order valence-electron chi connectivity index (χ1n) is 10.2. The van der Waals surface area contributed by atoms with Gasteiger partial charge in [-0.25, -0.2) is 0 Å². The van der Waals surface area contributed by atoms with E-state index in [1.807, 2.05) is 12.1 Å². The quantitative estimate of drug-likeness (QED) is 0.871.